The van der Waals surface area contributed by atoms with Crippen LogP contribution in [0.25, 0.3) is 11.1 Å². The molecule has 2 amide bonds. The molecule has 1 aromatic heterocycles. The molecule has 2 atom stereocenters. The SMILES string of the molecule is O=C1OCCN1c1ccc(-c2ccc3c(c2)C[C@H]2[C@H](COP(=O)(O)O)OC(=O)N32)cn1. The highest BCUT2D eigenvalue weighted by atomic mass is 31.2. The minimum absolute atomic E-state index is 0.341. The van der Waals surface area contributed by atoms with Crippen molar-refractivity contribution in [2.45, 2.75) is 18.6 Å². The molecular formula is C19H18N3O8P. The number of ether oxygens (including phenoxy) is 2. The van der Waals surface area contributed by atoms with Crippen LogP contribution in [0.2, 0.25) is 0 Å². The maximum atomic E-state index is 12.3. The molecule has 1 aromatic carbocycles. The van der Waals surface area contributed by atoms with Gasteiger partial charge in [-0.25, -0.2) is 19.1 Å². The number of anilines is 2. The van der Waals surface area contributed by atoms with Gasteiger partial charge in [0.1, 0.15) is 18.5 Å². The lowest BCUT2D eigenvalue weighted by molar-refractivity contribution is 0.0761. The number of nitrogens with zero attached hydrogens (tertiary/aromatic N) is 3. The maximum absolute atomic E-state index is 12.3. The summed E-state index contributed by atoms with van der Waals surface area (Å²) in [5, 5.41) is 0. The Bertz CT molecular complexity index is 1100. The third-order valence-corrected chi connectivity index (χ3v) is 5.99. The molecule has 162 valence electrons. The minimum atomic E-state index is -4.66. The number of phosphoric ester groups is 1. The first kappa shape index (κ1) is 20.0. The number of phosphoric acid groups is 1. The number of amides is 2. The Labute approximate surface area is 176 Å². The standard InChI is InChI=1S/C19H18N3O8P/c23-18-21(5-6-28-18)17-4-2-12(9-20-17)11-1-3-14-13(7-11)8-15-16(10-29-31(25,26)27)30-19(24)22(14)15/h1-4,7,9,15-16H,5-6,8,10H2,(H2,25,26,27)/t15-,16-/m0/s1. The molecule has 31 heavy (non-hydrogen) atoms. The Morgan fingerprint density at radius 1 is 1.16 bits per heavy atom. The van der Waals surface area contributed by atoms with Gasteiger partial charge in [-0.15, -0.1) is 0 Å². The quantitative estimate of drug-likeness (QED) is 0.660. The van der Waals surface area contributed by atoms with E-state index in [0.717, 1.165) is 16.7 Å². The number of benzene rings is 1. The van der Waals surface area contributed by atoms with Crippen molar-refractivity contribution in [2.75, 3.05) is 29.6 Å². The van der Waals surface area contributed by atoms with Gasteiger partial charge in [-0.1, -0.05) is 6.07 Å². The van der Waals surface area contributed by atoms with Gasteiger partial charge in [0.2, 0.25) is 0 Å². The van der Waals surface area contributed by atoms with Crippen LogP contribution in [-0.2, 0) is 25.0 Å². The first-order valence-electron chi connectivity index (χ1n) is 9.54. The fourth-order valence-electron chi connectivity index (χ4n) is 4.09. The van der Waals surface area contributed by atoms with Gasteiger partial charge < -0.3 is 19.3 Å². The number of carbonyl (C=O) groups is 2. The lowest BCUT2D eigenvalue weighted by Crippen LogP contribution is -2.35. The molecule has 5 rings (SSSR count). The van der Waals surface area contributed by atoms with E-state index < -0.39 is 32.2 Å². The highest BCUT2D eigenvalue weighted by Gasteiger charge is 2.48. The lowest BCUT2D eigenvalue weighted by Gasteiger charge is -2.16. The van der Waals surface area contributed by atoms with E-state index in [1.165, 1.54) is 9.80 Å². The van der Waals surface area contributed by atoms with E-state index in [0.29, 0.717) is 31.1 Å². The van der Waals surface area contributed by atoms with E-state index in [9.17, 15) is 14.2 Å². The Morgan fingerprint density at radius 2 is 1.97 bits per heavy atom. The zero-order chi connectivity index (χ0) is 21.8. The molecular weight excluding hydrogens is 429 g/mol. The Hall–Kier alpha value is -2.98. The van der Waals surface area contributed by atoms with Crippen molar-refractivity contribution in [2.24, 2.45) is 0 Å². The second kappa shape index (κ2) is 7.31. The van der Waals surface area contributed by atoms with Crippen molar-refractivity contribution in [3.8, 4) is 11.1 Å². The van der Waals surface area contributed by atoms with Gasteiger partial charge in [-0.05, 0) is 41.8 Å². The van der Waals surface area contributed by atoms with Gasteiger partial charge in [-0.3, -0.25) is 14.3 Å². The first-order chi connectivity index (χ1) is 14.8. The number of rotatable bonds is 5. The fourth-order valence-corrected chi connectivity index (χ4v) is 4.43. The molecule has 2 saturated heterocycles. The van der Waals surface area contributed by atoms with E-state index in [1.54, 1.807) is 12.3 Å². The van der Waals surface area contributed by atoms with Crippen LogP contribution in [0.4, 0.5) is 21.1 Å². The summed E-state index contributed by atoms with van der Waals surface area (Å²) in [4.78, 5) is 49.1. The van der Waals surface area contributed by atoms with Crippen molar-refractivity contribution in [3.63, 3.8) is 0 Å². The number of carbonyl (C=O) groups excluding carboxylic acids is 2. The second-order valence-corrected chi connectivity index (χ2v) is 8.60. The molecule has 2 fully saturated rings. The minimum Gasteiger partial charge on any atom is -0.447 e. The average molecular weight is 447 g/mol. The highest BCUT2D eigenvalue weighted by molar-refractivity contribution is 7.46. The van der Waals surface area contributed by atoms with Crippen LogP contribution in [0.3, 0.4) is 0 Å². The van der Waals surface area contributed by atoms with Gasteiger partial charge >= 0.3 is 20.0 Å². The van der Waals surface area contributed by atoms with Crippen molar-refractivity contribution >= 4 is 31.5 Å². The van der Waals surface area contributed by atoms with E-state index in [1.807, 2.05) is 24.3 Å². The molecule has 0 saturated carbocycles. The van der Waals surface area contributed by atoms with Crippen LogP contribution in [0.1, 0.15) is 5.56 Å². The predicted molar refractivity (Wildman–Crippen MR) is 107 cm³/mol. The lowest BCUT2D eigenvalue weighted by atomic mass is 10.0. The number of hydrogen-bond donors (Lipinski definition) is 2. The summed E-state index contributed by atoms with van der Waals surface area (Å²) in [6.45, 7) is 0.417. The molecule has 0 radical (unpaired) electrons. The zero-order valence-electron chi connectivity index (χ0n) is 16.1. The Morgan fingerprint density at radius 3 is 2.65 bits per heavy atom. The Kier molecular flexibility index (Phi) is 4.71. The van der Waals surface area contributed by atoms with Crippen molar-refractivity contribution in [1.82, 2.24) is 4.98 Å². The van der Waals surface area contributed by atoms with Gasteiger partial charge in [0.15, 0.2) is 0 Å². The molecule has 0 unspecified atom stereocenters. The zero-order valence-corrected chi connectivity index (χ0v) is 17.0. The third-order valence-electron chi connectivity index (χ3n) is 5.50. The number of aromatic nitrogens is 1. The van der Waals surface area contributed by atoms with Crippen LogP contribution in [-0.4, -0.2) is 58.9 Å². The van der Waals surface area contributed by atoms with Crippen LogP contribution < -0.4 is 9.80 Å². The molecule has 3 aliphatic rings. The predicted octanol–water partition coefficient (Wildman–Crippen LogP) is 2.06. The van der Waals surface area contributed by atoms with Gasteiger partial charge in [0, 0.05) is 11.8 Å². The van der Waals surface area contributed by atoms with E-state index in [4.69, 9.17) is 19.3 Å². The van der Waals surface area contributed by atoms with Gasteiger partial charge in [0.25, 0.3) is 0 Å². The molecule has 11 nitrogen and oxygen atoms in total. The van der Waals surface area contributed by atoms with Crippen molar-refractivity contribution < 1.29 is 37.9 Å². The fraction of sp³-hybridized carbons (Fsp3) is 0.316. The molecule has 3 aliphatic heterocycles. The molecule has 2 aromatic rings. The van der Waals surface area contributed by atoms with Crippen LogP contribution in [0.5, 0.6) is 0 Å². The van der Waals surface area contributed by atoms with E-state index in [2.05, 4.69) is 9.51 Å². The molecule has 12 heteroatoms. The summed E-state index contributed by atoms with van der Waals surface area (Å²) in [5.41, 5.74) is 3.34. The number of pyridine rings is 1. The van der Waals surface area contributed by atoms with Crippen molar-refractivity contribution in [3.05, 3.63) is 42.1 Å². The first-order valence-corrected chi connectivity index (χ1v) is 11.1. The molecule has 0 aliphatic carbocycles. The maximum Gasteiger partial charge on any atom is 0.469 e. The van der Waals surface area contributed by atoms with E-state index in [-0.39, 0.29) is 6.61 Å². The summed E-state index contributed by atoms with van der Waals surface area (Å²) in [5.74, 6) is 0.517. The molecule has 0 spiro atoms. The van der Waals surface area contributed by atoms with Gasteiger partial charge in [-0.2, -0.15) is 0 Å². The summed E-state index contributed by atoms with van der Waals surface area (Å²) in [6.07, 6.45) is 0.373. The van der Waals surface area contributed by atoms with Crippen LogP contribution in [0, 0.1) is 0 Å². The van der Waals surface area contributed by atoms with Crippen LogP contribution >= 0.6 is 7.82 Å². The van der Waals surface area contributed by atoms with Gasteiger partial charge in [0.05, 0.1) is 24.9 Å². The monoisotopic (exact) mass is 447 g/mol. The Balaban J connectivity index is 1.36. The highest BCUT2D eigenvalue weighted by Crippen LogP contribution is 2.42. The van der Waals surface area contributed by atoms with Crippen molar-refractivity contribution in [1.29, 1.82) is 0 Å². The number of cyclic esters (lactones) is 2. The normalized spacial score (nSPS) is 22.4. The second-order valence-electron chi connectivity index (χ2n) is 7.36. The largest absolute Gasteiger partial charge is 0.469 e. The van der Waals surface area contributed by atoms with E-state index >= 15 is 0 Å². The summed E-state index contributed by atoms with van der Waals surface area (Å²) >= 11 is 0. The summed E-state index contributed by atoms with van der Waals surface area (Å²) in [7, 11) is -4.66. The smallest absolute Gasteiger partial charge is 0.447 e. The third kappa shape index (κ3) is 3.66. The summed E-state index contributed by atoms with van der Waals surface area (Å²) < 4.78 is 25.7. The van der Waals surface area contributed by atoms with Crippen LogP contribution in [0.15, 0.2) is 36.5 Å². The molecule has 0 bridgehead atoms. The average Bonchev–Trinajstić information content (AvgIpc) is 3.40. The molecule has 4 heterocycles. The molecule has 2 N–H and O–H groups in total. The summed E-state index contributed by atoms with van der Waals surface area (Å²) in [6, 6.07) is 8.82. The number of fused-ring (bicyclic) bond motifs is 3. The topological polar surface area (TPSA) is 139 Å². The number of hydrogen-bond acceptors (Lipinski definition) is 7.